The van der Waals surface area contributed by atoms with Gasteiger partial charge in [0.05, 0.1) is 18.7 Å². The molecule has 3 nitrogen and oxygen atoms in total. The lowest BCUT2D eigenvalue weighted by molar-refractivity contribution is -0.158. The van der Waals surface area contributed by atoms with Crippen LogP contribution in [0.3, 0.4) is 0 Å². The van der Waals surface area contributed by atoms with Crippen LogP contribution in [0.2, 0.25) is 0 Å². The molecule has 0 amide bonds. The third-order valence-electron chi connectivity index (χ3n) is 2.99. The van der Waals surface area contributed by atoms with E-state index in [1.165, 1.54) is 0 Å². The number of ether oxygens (including phenoxy) is 1. The predicted molar refractivity (Wildman–Crippen MR) is 71.5 cm³/mol. The normalized spacial score (nSPS) is 21.3. The topological polar surface area (TPSA) is 38.3 Å². The average molecular weight is 334 g/mol. The molecule has 0 spiro atoms. The second kappa shape index (κ2) is 5.07. The Balaban J connectivity index is 2.03. The maximum absolute atomic E-state index is 13.0. The second-order valence-electron chi connectivity index (χ2n) is 4.76. The molecule has 0 bridgehead atoms. The van der Waals surface area contributed by atoms with Crippen molar-refractivity contribution >= 4 is 27.6 Å². The molecule has 0 radical (unpaired) electrons. The van der Waals surface area contributed by atoms with Crippen molar-refractivity contribution < 1.29 is 18.3 Å². The number of nitrogens with one attached hydrogen (secondary N) is 1. The third kappa shape index (κ3) is 3.05. The van der Waals surface area contributed by atoms with Gasteiger partial charge in [-0.05, 0) is 47.0 Å². The van der Waals surface area contributed by atoms with E-state index in [2.05, 4.69) is 26.0 Å². The third-order valence-corrected chi connectivity index (χ3v) is 3.62. The van der Waals surface area contributed by atoms with E-state index >= 15 is 0 Å². The largest absolute Gasteiger partial charge is 0.456 e. The molecule has 104 valence electrons. The number of carbonyl (C=O) groups is 1. The van der Waals surface area contributed by atoms with Gasteiger partial charge in [-0.15, -0.1) is 0 Å². The first-order chi connectivity index (χ1) is 8.79. The van der Waals surface area contributed by atoms with Crippen LogP contribution in [0, 0.1) is 13.8 Å². The van der Waals surface area contributed by atoms with Gasteiger partial charge in [0.25, 0.3) is 0 Å². The van der Waals surface area contributed by atoms with Crippen LogP contribution in [0.4, 0.5) is 14.5 Å². The molecule has 0 aromatic heterocycles. The zero-order chi connectivity index (χ0) is 14.2. The second-order valence-corrected chi connectivity index (χ2v) is 5.61. The van der Waals surface area contributed by atoms with Gasteiger partial charge in [0.2, 0.25) is 0 Å². The van der Waals surface area contributed by atoms with Gasteiger partial charge in [0.15, 0.2) is 0 Å². The van der Waals surface area contributed by atoms with Gasteiger partial charge in [0, 0.05) is 4.47 Å². The van der Waals surface area contributed by atoms with E-state index in [4.69, 9.17) is 0 Å². The van der Waals surface area contributed by atoms with Gasteiger partial charge in [-0.1, -0.05) is 6.07 Å². The van der Waals surface area contributed by atoms with E-state index < -0.39 is 24.4 Å². The van der Waals surface area contributed by atoms with Crippen LogP contribution in [0.5, 0.6) is 0 Å². The lowest BCUT2D eigenvalue weighted by Gasteiger charge is -2.15. The highest BCUT2D eigenvalue weighted by molar-refractivity contribution is 9.10. The summed E-state index contributed by atoms with van der Waals surface area (Å²) in [6.07, 6.45) is -1.36. The number of halogens is 3. The summed E-state index contributed by atoms with van der Waals surface area (Å²) in [4.78, 5) is 10.9. The zero-order valence-electron chi connectivity index (χ0n) is 10.6. The smallest absolute Gasteiger partial charge is 0.377 e. The zero-order valence-corrected chi connectivity index (χ0v) is 12.2. The summed E-state index contributed by atoms with van der Waals surface area (Å²) < 4.78 is 31.5. The Morgan fingerprint density at radius 3 is 2.68 bits per heavy atom. The van der Waals surface area contributed by atoms with Crippen molar-refractivity contribution in [1.29, 1.82) is 0 Å². The Hall–Kier alpha value is -1.17. The van der Waals surface area contributed by atoms with E-state index in [9.17, 15) is 13.6 Å². The molecule has 19 heavy (non-hydrogen) atoms. The fourth-order valence-electron chi connectivity index (χ4n) is 2.12. The summed E-state index contributed by atoms with van der Waals surface area (Å²) in [5.41, 5.74) is 2.94. The molecule has 0 saturated carbocycles. The number of alkyl halides is 2. The molecule has 1 heterocycles. The Labute approximate surface area is 118 Å². The molecule has 1 aromatic carbocycles. The Morgan fingerprint density at radius 2 is 2.16 bits per heavy atom. The molecule has 1 atom stereocenters. The van der Waals surface area contributed by atoms with Crippen LogP contribution >= 0.6 is 15.9 Å². The quantitative estimate of drug-likeness (QED) is 0.861. The van der Waals surface area contributed by atoms with Crippen molar-refractivity contribution in [3.05, 3.63) is 27.7 Å². The number of hydrogen-bond acceptors (Lipinski definition) is 3. The first-order valence-corrected chi connectivity index (χ1v) is 6.68. The van der Waals surface area contributed by atoms with Crippen LogP contribution in [0.15, 0.2) is 16.6 Å². The van der Waals surface area contributed by atoms with E-state index in [-0.39, 0.29) is 6.54 Å². The average Bonchev–Trinajstić information content (AvgIpc) is 2.51. The Bertz CT molecular complexity index is 496. The van der Waals surface area contributed by atoms with Crippen molar-refractivity contribution in [3.63, 3.8) is 0 Å². The maximum Gasteiger partial charge on any atom is 0.377 e. The molecule has 1 fully saturated rings. The first-order valence-electron chi connectivity index (χ1n) is 5.89. The van der Waals surface area contributed by atoms with Gasteiger partial charge in [0.1, 0.15) is 6.10 Å². The molecule has 1 unspecified atom stereocenters. The first kappa shape index (κ1) is 14.2. The number of anilines is 1. The van der Waals surface area contributed by atoms with Crippen LogP contribution < -0.4 is 5.32 Å². The van der Waals surface area contributed by atoms with E-state index in [1.54, 1.807) is 0 Å². The van der Waals surface area contributed by atoms with Crippen molar-refractivity contribution in [2.24, 2.45) is 0 Å². The van der Waals surface area contributed by atoms with Gasteiger partial charge in [-0.3, -0.25) is 0 Å². The van der Waals surface area contributed by atoms with Gasteiger partial charge in [-0.2, -0.15) is 8.78 Å². The number of carbonyl (C=O) groups excluding carboxylic acids is 1. The summed E-state index contributed by atoms with van der Waals surface area (Å²) in [5.74, 6) is -4.79. The molecule has 1 aliphatic rings. The summed E-state index contributed by atoms with van der Waals surface area (Å²) in [6.45, 7) is 4.07. The van der Waals surface area contributed by atoms with Crippen molar-refractivity contribution in [2.75, 3.05) is 11.9 Å². The van der Waals surface area contributed by atoms with E-state index in [1.807, 2.05) is 26.0 Å². The fourth-order valence-corrected chi connectivity index (χ4v) is 2.93. The maximum atomic E-state index is 13.0. The molecule has 6 heteroatoms. The van der Waals surface area contributed by atoms with E-state index in [0.29, 0.717) is 0 Å². The fraction of sp³-hybridized carbons (Fsp3) is 0.462. The minimum atomic E-state index is -3.36. The number of esters is 1. The van der Waals surface area contributed by atoms with Crippen molar-refractivity contribution in [3.8, 4) is 0 Å². The monoisotopic (exact) mass is 333 g/mol. The number of benzene rings is 1. The molecule has 0 aliphatic carbocycles. The SMILES string of the molecule is Cc1cc(C)c(NCC2CC(F)(F)C(=O)O2)c(Br)c1. The Morgan fingerprint density at radius 1 is 1.47 bits per heavy atom. The predicted octanol–water partition coefficient (Wildman–Crippen LogP) is 3.43. The molecule has 1 N–H and O–H groups in total. The summed E-state index contributed by atoms with van der Waals surface area (Å²) in [5, 5.41) is 3.05. The standard InChI is InChI=1S/C13H14BrF2NO2/c1-7-3-8(2)11(10(14)4-7)17-6-9-5-13(15,16)12(18)19-9/h3-4,9,17H,5-6H2,1-2H3. The van der Waals surface area contributed by atoms with Crippen molar-refractivity contribution in [1.82, 2.24) is 0 Å². The van der Waals surface area contributed by atoms with E-state index in [0.717, 1.165) is 21.3 Å². The summed E-state index contributed by atoms with van der Waals surface area (Å²) in [7, 11) is 0. The number of cyclic esters (lactones) is 1. The molecule has 1 aliphatic heterocycles. The van der Waals surface area contributed by atoms with Crippen LogP contribution in [-0.4, -0.2) is 24.5 Å². The molecule has 2 rings (SSSR count). The number of hydrogen-bond donors (Lipinski definition) is 1. The highest BCUT2D eigenvalue weighted by Crippen LogP contribution is 2.32. The number of rotatable bonds is 3. The van der Waals surface area contributed by atoms with Crippen LogP contribution in [0.25, 0.3) is 0 Å². The molecule has 1 aromatic rings. The van der Waals surface area contributed by atoms with Gasteiger partial charge < -0.3 is 10.1 Å². The number of aryl methyl sites for hydroxylation is 2. The minimum absolute atomic E-state index is 0.170. The summed E-state index contributed by atoms with van der Waals surface area (Å²) in [6, 6.07) is 3.92. The highest BCUT2D eigenvalue weighted by Gasteiger charge is 2.50. The van der Waals surface area contributed by atoms with Crippen LogP contribution in [-0.2, 0) is 9.53 Å². The molecular weight excluding hydrogens is 320 g/mol. The highest BCUT2D eigenvalue weighted by atomic mass is 79.9. The summed E-state index contributed by atoms with van der Waals surface area (Å²) >= 11 is 3.42. The minimum Gasteiger partial charge on any atom is -0.456 e. The van der Waals surface area contributed by atoms with Crippen molar-refractivity contribution in [2.45, 2.75) is 32.3 Å². The molecular formula is C13H14BrF2NO2. The van der Waals surface area contributed by atoms with Crippen LogP contribution in [0.1, 0.15) is 17.5 Å². The van der Waals surface area contributed by atoms with Gasteiger partial charge >= 0.3 is 11.9 Å². The Kier molecular flexibility index (Phi) is 3.80. The van der Waals surface area contributed by atoms with Gasteiger partial charge in [-0.25, -0.2) is 4.79 Å². The molecule has 1 saturated heterocycles. The lowest BCUT2D eigenvalue weighted by Crippen LogP contribution is -2.22. The lowest BCUT2D eigenvalue weighted by atomic mass is 10.1.